The van der Waals surface area contributed by atoms with Crippen molar-refractivity contribution >= 4 is 46.9 Å². The molecule has 2 amide bonds. The van der Waals surface area contributed by atoms with Gasteiger partial charge in [0.05, 0.1) is 22.2 Å². The lowest BCUT2D eigenvalue weighted by atomic mass is 10.1. The van der Waals surface area contributed by atoms with Crippen molar-refractivity contribution in [1.82, 2.24) is 5.43 Å². The predicted molar refractivity (Wildman–Crippen MR) is 99.1 cm³/mol. The Hall–Kier alpha value is -2.44. The molecule has 1 aliphatic heterocycles. The molecule has 3 rings (SSSR count). The second-order valence-corrected chi connectivity index (χ2v) is 6.60. The summed E-state index contributed by atoms with van der Waals surface area (Å²) in [5.74, 6) is -1.46. The van der Waals surface area contributed by atoms with Gasteiger partial charge in [0.2, 0.25) is 11.8 Å². The van der Waals surface area contributed by atoms with Gasteiger partial charge in [0.15, 0.2) is 0 Å². The molecule has 1 fully saturated rings. The number of anilines is 1. The third kappa shape index (κ3) is 4.20. The first kappa shape index (κ1) is 18.4. The third-order valence-corrected chi connectivity index (χ3v) is 4.71. The van der Waals surface area contributed by atoms with E-state index in [1.165, 1.54) is 35.4 Å². The van der Waals surface area contributed by atoms with Crippen LogP contribution in [0.15, 0.2) is 47.6 Å². The SMILES string of the molecule is O=C(N/N=C\c1ccc(Cl)c(Cl)c1)[C@@H]1CC(=O)N(c2ccc(F)cc2)C1. The summed E-state index contributed by atoms with van der Waals surface area (Å²) in [5.41, 5.74) is 3.66. The Morgan fingerprint density at radius 2 is 1.92 bits per heavy atom. The molecule has 5 nitrogen and oxygen atoms in total. The zero-order valence-corrected chi connectivity index (χ0v) is 15.0. The van der Waals surface area contributed by atoms with Gasteiger partial charge in [0.25, 0.3) is 0 Å². The Labute approximate surface area is 159 Å². The van der Waals surface area contributed by atoms with Crippen LogP contribution >= 0.6 is 23.2 Å². The van der Waals surface area contributed by atoms with Crippen molar-refractivity contribution in [2.75, 3.05) is 11.4 Å². The monoisotopic (exact) mass is 393 g/mol. The standard InChI is InChI=1S/C18H14Cl2FN3O2/c19-15-6-1-11(7-16(15)20)9-22-23-18(26)12-8-17(25)24(10-12)14-4-2-13(21)3-5-14/h1-7,9,12H,8,10H2,(H,23,26)/b22-9-/t12-/m1/s1. The van der Waals surface area contributed by atoms with Crippen molar-refractivity contribution in [3.8, 4) is 0 Å². The Kier molecular flexibility index (Phi) is 5.54. The molecule has 0 spiro atoms. The number of nitrogens with zero attached hydrogens (tertiary/aromatic N) is 2. The number of hydrogen-bond donors (Lipinski definition) is 1. The van der Waals surface area contributed by atoms with Crippen LogP contribution in [-0.4, -0.2) is 24.6 Å². The van der Waals surface area contributed by atoms with Crippen LogP contribution in [-0.2, 0) is 9.59 Å². The molecule has 0 saturated carbocycles. The van der Waals surface area contributed by atoms with Gasteiger partial charge in [-0.25, -0.2) is 9.82 Å². The largest absolute Gasteiger partial charge is 0.312 e. The minimum atomic E-state index is -0.529. The van der Waals surface area contributed by atoms with Crippen molar-refractivity contribution < 1.29 is 14.0 Å². The van der Waals surface area contributed by atoms with E-state index in [4.69, 9.17) is 23.2 Å². The molecular weight excluding hydrogens is 380 g/mol. The van der Waals surface area contributed by atoms with Gasteiger partial charge in [0, 0.05) is 18.7 Å². The van der Waals surface area contributed by atoms with Crippen LogP contribution in [0.4, 0.5) is 10.1 Å². The summed E-state index contributed by atoms with van der Waals surface area (Å²) in [7, 11) is 0. The molecule has 26 heavy (non-hydrogen) atoms. The first-order valence-electron chi connectivity index (χ1n) is 7.78. The zero-order chi connectivity index (χ0) is 18.7. The molecule has 0 aromatic heterocycles. The zero-order valence-electron chi connectivity index (χ0n) is 13.5. The summed E-state index contributed by atoms with van der Waals surface area (Å²) in [5, 5.41) is 4.70. The third-order valence-electron chi connectivity index (χ3n) is 3.97. The molecule has 134 valence electrons. The number of hydrazone groups is 1. The van der Waals surface area contributed by atoms with Gasteiger partial charge in [-0.2, -0.15) is 5.10 Å². The number of hydrogen-bond acceptors (Lipinski definition) is 3. The molecule has 0 radical (unpaired) electrons. The molecule has 8 heteroatoms. The molecule has 1 aliphatic rings. The minimum Gasteiger partial charge on any atom is -0.312 e. The number of carbonyl (C=O) groups is 2. The van der Waals surface area contributed by atoms with E-state index in [-0.39, 0.29) is 30.6 Å². The van der Waals surface area contributed by atoms with Crippen LogP contribution in [0.25, 0.3) is 0 Å². The average molecular weight is 394 g/mol. The molecule has 1 saturated heterocycles. The number of amides is 2. The Morgan fingerprint density at radius 1 is 1.19 bits per heavy atom. The van der Waals surface area contributed by atoms with E-state index in [9.17, 15) is 14.0 Å². The summed E-state index contributed by atoms with van der Waals surface area (Å²) in [6.45, 7) is 0.221. The lowest BCUT2D eigenvalue weighted by Gasteiger charge is -2.16. The molecule has 2 aromatic carbocycles. The molecule has 2 aromatic rings. The molecular formula is C18H14Cl2FN3O2. The fraction of sp³-hybridized carbons (Fsp3) is 0.167. The summed E-state index contributed by atoms with van der Waals surface area (Å²) >= 11 is 11.7. The fourth-order valence-corrected chi connectivity index (χ4v) is 2.91. The average Bonchev–Trinajstić information content (AvgIpc) is 3.00. The van der Waals surface area contributed by atoms with Crippen LogP contribution in [0.2, 0.25) is 10.0 Å². The van der Waals surface area contributed by atoms with Gasteiger partial charge in [-0.1, -0.05) is 29.3 Å². The van der Waals surface area contributed by atoms with Crippen LogP contribution in [0.1, 0.15) is 12.0 Å². The lowest BCUT2D eigenvalue weighted by molar-refractivity contribution is -0.126. The maximum atomic E-state index is 13.0. The summed E-state index contributed by atoms with van der Waals surface area (Å²) < 4.78 is 13.0. The number of nitrogens with one attached hydrogen (secondary N) is 1. The van der Waals surface area contributed by atoms with E-state index >= 15 is 0 Å². The van der Waals surface area contributed by atoms with Gasteiger partial charge in [-0.3, -0.25) is 9.59 Å². The first-order chi connectivity index (χ1) is 12.4. The number of carbonyl (C=O) groups excluding carboxylic acids is 2. The van der Waals surface area contributed by atoms with Crippen molar-refractivity contribution in [2.24, 2.45) is 11.0 Å². The minimum absolute atomic E-state index is 0.0749. The highest BCUT2D eigenvalue weighted by Gasteiger charge is 2.35. The van der Waals surface area contributed by atoms with Crippen molar-refractivity contribution in [2.45, 2.75) is 6.42 Å². The van der Waals surface area contributed by atoms with Gasteiger partial charge in [-0.05, 0) is 42.0 Å². The van der Waals surface area contributed by atoms with Crippen LogP contribution in [0, 0.1) is 11.7 Å². The highest BCUT2D eigenvalue weighted by Crippen LogP contribution is 2.25. The molecule has 1 heterocycles. The van der Waals surface area contributed by atoms with Crippen LogP contribution < -0.4 is 10.3 Å². The predicted octanol–water partition coefficient (Wildman–Crippen LogP) is 3.64. The van der Waals surface area contributed by atoms with Gasteiger partial charge < -0.3 is 4.90 Å². The quantitative estimate of drug-likeness (QED) is 0.636. The highest BCUT2D eigenvalue weighted by molar-refractivity contribution is 6.42. The smallest absolute Gasteiger partial charge is 0.245 e. The first-order valence-corrected chi connectivity index (χ1v) is 8.53. The number of halogens is 3. The Bertz CT molecular complexity index is 871. The number of rotatable bonds is 4. The molecule has 0 bridgehead atoms. The van der Waals surface area contributed by atoms with Crippen LogP contribution in [0.3, 0.4) is 0 Å². The Morgan fingerprint density at radius 3 is 2.62 bits per heavy atom. The van der Waals surface area contributed by atoms with Gasteiger partial charge >= 0.3 is 0 Å². The second kappa shape index (κ2) is 7.85. The lowest BCUT2D eigenvalue weighted by Crippen LogP contribution is -2.30. The van der Waals surface area contributed by atoms with E-state index in [2.05, 4.69) is 10.5 Å². The van der Waals surface area contributed by atoms with Crippen molar-refractivity contribution in [3.63, 3.8) is 0 Å². The van der Waals surface area contributed by atoms with E-state index in [0.29, 0.717) is 21.3 Å². The maximum Gasteiger partial charge on any atom is 0.245 e. The van der Waals surface area contributed by atoms with Gasteiger partial charge in [0.1, 0.15) is 5.82 Å². The summed E-state index contributed by atoms with van der Waals surface area (Å²) in [6, 6.07) is 10.5. The fourth-order valence-electron chi connectivity index (χ4n) is 2.61. The normalized spacial score (nSPS) is 17.1. The molecule has 1 atom stereocenters. The van der Waals surface area contributed by atoms with Crippen molar-refractivity contribution in [3.05, 3.63) is 63.9 Å². The van der Waals surface area contributed by atoms with E-state index in [1.807, 2.05) is 0 Å². The summed E-state index contributed by atoms with van der Waals surface area (Å²) in [6.07, 6.45) is 1.51. The molecule has 0 aliphatic carbocycles. The number of benzene rings is 2. The Balaban J connectivity index is 1.60. The summed E-state index contributed by atoms with van der Waals surface area (Å²) in [4.78, 5) is 25.8. The second-order valence-electron chi connectivity index (χ2n) is 5.79. The van der Waals surface area contributed by atoms with E-state index in [1.54, 1.807) is 18.2 Å². The van der Waals surface area contributed by atoms with E-state index in [0.717, 1.165) is 0 Å². The highest BCUT2D eigenvalue weighted by atomic mass is 35.5. The van der Waals surface area contributed by atoms with Crippen LogP contribution in [0.5, 0.6) is 0 Å². The molecule has 1 N–H and O–H groups in total. The van der Waals surface area contributed by atoms with Gasteiger partial charge in [-0.15, -0.1) is 0 Å². The van der Waals surface area contributed by atoms with E-state index < -0.39 is 5.92 Å². The molecule has 0 unspecified atom stereocenters. The topological polar surface area (TPSA) is 61.8 Å². The maximum absolute atomic E-state index is 13.0. The van der Waals surface area contributed by atoms with Crippen molar-refractivity contribution in [1.29, 1.82) is 0 Å².